The SMILES string of the molecule is c1ccc(-c2ccc(-c3ccc(Nc4nc(Nc5ccc(-c6ccc(-c7ccccc7)cc6)cc5)nc(Nc5ccc(-c6ccc(-c7ccccc7)cc6)cc5)n4)cc3)cc2)cc1. The van der Waals surface area contributed by atoms with E-state index in [9.17, 15) is 0 Å². The molecule has 0 saturated heterocycles. The van der Waals surface area contributed by atoms with Crippen LogP contribution in [0.2, 0.25) is 0 Å². The summed E-state index contributed by atoms with van der Waals surface area (Å²) in [6.45, 7) is 0. The van der Waals surface area contributed by atoms with E-state index in [2.05, 4.69) is 198 Å². The van der Waals surface area contributed by atoms with Gasteiger partial charge in [-0.25, -0.2) is 0 Å². The standard InChI is InChI=1S/C57H42N6/c1-4-10-40(11-5-1)43-16-22-46(23-17-43)49-28-34-52(35-29-49)58-55-61-56(59-53-36-30-50(31-37-53)47-24-18-44(19-25-47)41-12-6-2-7-13-41)63-57(62-55)60-54-38-32-51(33-39-54)48-26-20-45(21-27-48)42-14-8-3-9-15-42/h1-39H,(H3,58,59,60,61,62,63). The largest absolute Gasteiger partial charge is 0.324 e. The molecule has 10 aromatic rings. The second kappa shape index (κ2) is 17.9. The molecule has 6 nitrogen and oxygen atoms in total. The molecule has 0 saturated carbocycles. The van der Waals surface area contributed by atoms with Crippen molar-refractivity contribution in [1.82, 2.24) is 15.0 Å². The highest BCUT2D eigenvalue weighted by atomic mass is 15.3. The molecule has 0 bridgehead atoms. The first-order valence-corrected chi connectivity index (χ1v) is 21.0. The monoisotopic (exact) mass is 810 g/mol. The van der Waals surface area contributed by atoms with Crippen molar-refractivity contribution in [2.24, 2.45) is 0 Å². The zero-order chi connectivity index (χ0) is 42.2. The van der Waals surface area contributed by atoms with Gasteiger partial charge in [-0.15, -0.1) is 0 Å². The fraction of sp³-hybridized carbons (Fsp3) is 0. The van der Waals surface area contributed by atoms with Crippen LogP contribution in [0.4, 0.5) is 34.9 Å². The average Bonchev–Trinajstić information content (AvgIpc) is 3.36. The summed E-state index contributed by atoms with van der Waals surface area (Å²) in [6.07, 6.45) is 0. The van der Waals surface area contributed by atoms with Gasteiger partial charge in [-0.05, 0) is 103 Å². The fourth-order valence-electron chi connectivity index (χ4n) is 7.63. The Labute approximate surface area is 367 Å². The van der Waals surface area contributed by atoms with Crippen molar-refractivity contribution < 1.29 is 0 Å². The van der Waals surface area contributed by atoms with E-state index >= 15 is 0 Å². The van der Waals surface area contributed by atoms with Crippen molar-refractivity contribution >= 4 is 34.9 Å². The maximum absolute atomic E-state index is 4.80. The second-order valence-corrected chi connectivity index (χ2v) is 15.2. The van der Waals surface area contributed by atoms with Gasteiger partial charge in [-0.1, -0.05) is 200 Å². The minimum atomic E-state index is 0.403. The van der Waals surface area contributed by atoms with Gasteiger partial charge in [0.25, 0.3) is 0 Å². The molecule has 300 valence electrons. The Morgan fingerprint density at radius 3 is 0.524 bits per heavy atom. The third-order valence-corrected chi connectivity index (χ3v) is 11.0. The molecule has 0 atom stereocenters. The number of nitrogens with one attached hydrogen (secondary N) is 3. The van der Waals surface area contributed by atoms with Crippen LogP contribution >= 0.6 is 0 Å². The van der Waals surface area contributed by atoms with Crippen molar-refractivity contribution in [3.05, 3.63) is 237 Å². The Bertz CT molecular complexity index is 2700. The number of nitrogens with zero attached hydrogens (tertiary/aromatic N) is 3. The second-order valence-electron chi connectivity index (χ2n) is 15.2. The maximum atomic E-state index is 4.80. The predicted octanol–water partition coefficient (Wildman–Crippen LogP) is 15.1. The zero-order valence-corrected chi connectivity index (χ0v) is 34.4. The van der Waals surface area contributed by atoms with Gasteiger partial charge in [-0.2, -0.15) is 15.0 Å². The van der Waals surface area contributed by atoms with Crippen molar-refractivity contribution in [2.45, 2.75) is 0 Å². The zero-order valence-electron chi connectivity index (χ0n) is 34.4. The minimum absolute atomic E-state index is 0.403. The smallest absolute Gasteiger partial charge is 0.233 e. The van der Waals surface area contributed by atoms with Gasteiger partial charge >= 0.3 is 0 Å². The highest BCUT2D eigenvalue weighted by molar-refractivity contribution is 5.75. The molecule has 3 N–H and O–H groups in total. The highest BCUT2D eigenvalue weighted by Gasteiger charge is 2.11. The summed E-state index contributed by atoms with van der Waals surface area (Å²) < 4.78 is 0. The lowest BCUT2D eigenvalue weighted by atomic mass is 10.0. The normalized spacial score (nSPS) is 10.9. The number of aromatic nitrogens is 3. The van der Waals surface area contributed by atoms with Gasteiger partial charge in [0.05, 0.1) is 0 Å². The molecule has 6 heteroatoms. The summed E-state index contributed by atoms with van der Waals surface area (Å²) in [6, 6.07) is 82.1. The number of anilines is 6. The van der Waals surface area contributed by atoms with Crippen LogP contribution in [0.25, 0.3) is 66.8 Å². The molecular formula is C57H42N6. The maximum Gasteiger partial charge on any atom is 0.233 e. The molecule has 1 aromatic heterocycles. The van der Waals surface area contributed by atoms with E-state index in [4.69, 9.17) is 15.0 Å². The Balaban J connectivity index is 0.878. The summed E-state index contributed by atoms with van der Waals surface area (Å²) in [5.41, 5.74) is 16.5. The van der Waals surface area contributed by atoms with E-state index < -0.39 is 0 Å². The van der Waals surface area contributed by atoms with E-state index in [0.29, 0.717) is 17.8 Å². The first-order valence-electron chi connectivity index (χ1n) is 21.0. The molecule has 0 aliphatic rings. The van der Waals surface area contributed by atoms with Crippen LogP contribution in [0.3, 0.4) is 0 Å². The number of hydrogen-bond acceptors (Lipinski definition) is 6. The Hall–Kier alpha value is -8.61. The molecule has 9 aromatic carbocycles. The predicted molar refractivity (Wildman–Crippen MR) is 262 cm³/mol. The first kappa shape index (κ1) is 38.6. The molecule has 0 amide bonds. The molecular weight excluding hydrogens is 769 g/mol. The van der Waals surface area contributed by atoms with Gasteiger partial charge in [0.1, 0.15) is 0 Å². The van der Waals surface area contributed by atoms with Gasteiger partial charge in [0.2, 0.25) is 17.8 Å². The number of hydrogen-bond donors (Lipinski definition) is 3. The molecule has 0 spiro atoms. The first-order chi connectivity index (χ1) is 31.1. The molecule has 0 unspecified atom stereocenters. The summed E-state index contributed by atoms with van der Waals surface area (Å²) in [5.74, 6) is 1.21. The topological polar surface area (TPSA) is 74.8 Å². The van der Waals surface area contributed by atoms with Gasteiger partial charge in [0.15, 0.2) is 0 Å². The van der Waals surface area contributed by atoms with E-state index in [-0.39, 0.29) is 0 Å². The van der Waals surface area contributed by atoms with Crippen molar-refractivity contribution in [2.75, 3.05) is 16.0 Å². The lowest BCUT2D eigenvalue weighted by molar-refractivity contribution is 1.06. The lowest BCUT2D eigenvalue weighted by Gasteiger charge is -2.13. The summed E-state index contributed by atoms with van der Waals surface area (Å²) >= 11 is 0. The Morgan fingerprint density at radius 2 is 0.333 bits per heavy atom. The van der Waals surface area contributed by atoms with Crippen LogP contribution in [0.5, 0.6) is 0 Å². The van der Waals surface area contributed by atoms with Crippen LogP contribution < -0.4 is 16.0 Å². The van der Waals surface area contributed by atoms with Crippen LogP contribution in [-0.2, 0) is 0 Å². The van der Waals surface area contributed by atoms with E-state index in [1.54, 1.807) is 0 Å². The quantitative estimate of drug-likeness (QED) is 0.114. The molecule has 0 radical (unpaired) electrons. The third-order valence-electron chi connectivity index (χ3n) is 11.0. The number of rotatable bonds is 12. The third kappa shape index (κ3) is 9.26. The van der Waals surface area contributed by atoms with Crippen LogP contribution in [0.15, 0.2) is 237 Å². The highest BCUT2D eigenvalue weighted by Crippen LogP contribution is 2.31. The molecule has 0 fully saturated rings. The Kier molecular flexibility index (Phi) is 11.0. The summed E-state index contributed by atoms with van der Waals surface area (Å²) in [5, 5.41) is 10.3. The molecule has 0 aliphatic carbocycles. The summed E-state index contributed by atoms with van der Waals surface area (Å²) in [7, 11) is 0. The van der Waals surface area contributed by atoms with Crippen molar-refractivity contribution in [1.29, 1.82) is 0 Å². The van der Waals surface area contributed by atoms with Gasteiger partial charge in [0, 0.05) is 17.1 Å². The van der Waals surface area contributed by atoms with Crippen LogP contribution in [0.1, 0.15) is 0 Å². The Morgan fingerprint density at radius 1 is 0.175 bits per heavy atom. The number of benzene rings is 9. The van der Waals surface area contributed by atoms with Gasteiger partial charge < -0.3 is 16.0 Å². The van der Waals surface area contributed by atoms with Crippen molar-refractivity contribution in [3.63, 3.8) is 0 Å². The fourth-order valence-corrected chi connectivity index (χ4v) is 7.63. The molecule has 1 heterocycles. The summed E-state index contributed by atoms with van der Waals surface area (Å²) in [4.78, 5) is 14.4. The van der Waals surface area contributed by atoms with Crippen molar-refractivity contribution in [3.8, 4) is 66.8 Å². The molecule has 63 heavy (non-hydrogen) atoms. The van der Waals surface area contributed by atoms with Crippen LogP contribution in [-0.4, -0.2) is 15.0 Å². The van der Waals surface area contributed by atoms with E-state index in [0.717, 1.165) is 50.4 Å². The minimum Gasteiger partial charge on any atom is -0.324 e. The molecule has 0 aliphatic heterocycles. The van der Waals surface area contributed by atoms with Crippen LogP contribution in [0, 0.1) is 0 Å². The van der Waals surface area contributed by atoms with E-state index in [1.807, 2.05) is 54.6 Å². The average molecular weight is 811 g/mol. The van der Waals surface area contributed by atoms with Gasteiger partial charge in [-0.3, -0.25) is 0 Å². The molecule has 10 rings (SSSR count). The van der Waals surface area contributed by atoms with E-state index in [1.165, 1.54) is 33.4 Å². The lowest BCUT2D eigenvalue weighted by Crippen LogP contribution is -2.07.